The van der Waals surface area contributed by atoms with Gasteiger partial charge in [0.15, 0.2) is 0 Å². The zero-order chi connectivity index (χ0) is 23.8. The number of anilines is 1. The number of aliphatic hydroxyl groups is 1. The van der Waals surface area contributed by atoms with Crippen molar-refractivity contribution in [3.05, 3.63) is 41.6 Å². The van der Waals surface area contributed by atoms with E-state index in [2.05, 4.69) is 10.3 Å². The minimum Gasteiger partial charge on any atom is -0.475 e. The van der Waals surface area contributed by atoms with Crippen LogP contribution in [0.5, 0.6) is 5.88 Å². The van der Waals surface area contributed by atoms with E-state index in [9.17, 15) is 18.7 Å². The fraction of sp³-hybridized carbons (Fsp3) is 0.500. The number of aliphatic hydroxyl groups excluding tert-OH is 1. The molecular formula is C24H30F2N4O3. The highest BCUT2D eigenvalue weighted by molar-refractivity contribution is 6.04. The Morgan fingerprint density at radius 1 is 1.36 bits per heavy atom. The molecular weight excluding hydrogens is 430 g/mol. The number of hydrogen-bond donors (Lipinski definition) is 3. The van der Waals surface area contributed by atoms with Crippen molar-refractivity contribution in [2.45, 2.75) is 44.7 Å². The van der Waals surface area contributed by atoms with E-state index < -0.39 is 17.2 Å². The second-order valence-electron chi connectivity index (χ2n) is 9.36. The number of nitrogens with zero attached hydrogens (tertiary/aromatic N) is 2. The second kappa shape index (κ2) is 9.23. The zero-order valence-corrected chi connectivity index (χ0v) is 18.9. The van der Waals surface area contributed by atoms with Crippen LogP contribution < -0.4 is 20.7 Å². The number of amides is 1. The maximum Gasteiger partial charge on any atom is 0.255 e. The molecule has 2 aliphatic rings. The van der Waals surface area contributed by atoms with E-state index in [1.165, 1.54) is 18.3 Å². The van der Waals surface area contributed by atoms with E-state index in [1.807, 2.05) is 18.7 Å². The lowest BCUT2D eigenvalue weighted by atomic mass is 9.99. The Morgan fingerprint density at radius 2 is 2.06 bits per heavy atom. The van der Waals surface area contributed by atoms with Crippen LogP contribution in [0.4, 0.5) is 14.5 Å². The van der Waals surface area contributed by atoms with Crippen LogP contribution in [-0.4, -0.2) is 53.9 Å². The SMILES string of the molecule is C[C@H](NC(=O)c1cnc(OCCO)c(-c2cc(F)cc(F)c2)c1N1CC[C@](C)(N)C1)C1CC1. The molecule has 1 aliphatic heterocycles. The monoisotopic (exact) mass is 460 g/mol. The Hall–Kier alpha value is -2.78. The number of nitrogens with one attached hydrogen (secondary N) is 1. The maximum absolute atomic E-state index is 14.2. The Balaban J connectivity index is 1.88. The molecule has 2 fully saturated rings. The molecule has 0 bridgehead atoms. The molecule has 0 spiro atoms. The Kier molecular flexibility index (Phi) is 6.54. The van der Waals surface area contributed by atoms with Crippen LogP contribution in [0.3, 0.4) is 0 Å². The molecule has 1 aliphatic carbocycles. The highest BCUT2D eigenvalue weighted by Crippen LogP contribution is 2.43. The molecule has 1 amide bonds. The van der Waals surface area contributed by atoms with Crippen LogP contribution in [0, 0.1) is 17.6 Å². The number of nitrogens with two attached hydrogens (primary N) is 1. The zero-order valence-electron chi connectivity index (χ0n) is 18.9. The van der Waals surface area contributed by atoms with Crippen LogP contribution in [-0.2, 0) is 0 Å². The molecule has 4 N–H and O–H groups in total. The number of benzene rings is 1. The van der Waals surface area contributed by atoms with Crippen molar-refractivity contribution < 1.29 is 23.4 Å². The van der Waals surface area contributed by atoms with Crippen LogP contribution in [0.25, 0.3) is 11.1 Å². The number of carbonyl (C=O) groups excluding carboxylic acids is 1. The molecule has 9 heteroatoms. The molecule has 4 rings (SSSR count). The third kappa shape index (κ3) is 5.25. The number of carbonyl (C=O) groups is 1. The number of aromatic nitrogens is 1. The van der Waals surface area contributed by atoms with Gasteiger partial charge < -0.3 is 25.8 Å². The summed E-state index contributed by atoms with van der Waals surface area (Å²) in [6.07, 6.45) is 4.25. The van der Waals surface area contributed by atoms with Gasteiger partial charge >= 0.3 is 0 Å². The summed E-state index contributed by atoms with van der Waals surface area (Å²) < 4.78 is 34.0. The summed E-state index contributed by atoms with van der Waals surface area (Å²) in [4.78, 5) is 19.6. The van der Waals surface area contributed by atoms with Gasteiger partial charge in [-0.1, -0.05) is 0 Å². The molecule has 178 valence electrons. The van der Waals surface area contributed by atoms with Crippen molar-refractivity contribution in [1.82, 2.24) is 10.3 Å². The van der Waals surface area contributed by atoms with Gasteiger partial charge in [0.25, 0.3) is 5.91 Å². The number of halogens is 2. The third-order valence-corrected chi connectivity index (χ3v) is 6.25. The summed E-state index contributed by atoms with van der Waals surface area (Å²) in [5.41, 5.74) is 7.13. The highest BCUT2D eigenvalue weighted by Gasteiger charge is 2.36. The second-order valence-corrected chi connectivity index (χ2v) is 9.36. The molecule has 1 saturated heterocycles. The first-order valence-corrected chi connectivity index (χ1v) is 11.3. The fourth-order valence-electron chi connectivity index (χ4n) is 4.36. The lowest BCUT2D eigenvalue weighted by molar-refractivity contribution is 0.0936. The average Bonchev–Trinajstić information content (AvgIpc) is 3.53. The van der Waals surface area contributed by atoms with Crippen LogP contribution in [0.1, 0.15) is 43.5 Å². The van der Waals surface area contributed by atoms with Crippen LogP contribution in [0.2, 0.25) is 0 Å². The van der Waals surface area contributed by atoms with Gasteiger partial charge in [-0.2, -0.15) is 0 Å². The highest BCUT2D eigenvalue weighted by atomic mass is 19.1. The van der Waals surface area contributed by atoms with Crippen molar-refractivity contribution in [1.29, 1.82) is 0 Å². The summed E-state index contributed by atoms with van der Waals surface area (Å²) in [5.74, 6) is -1.29. The third-order valence-electron chi connectivity index (χ3n) is 6.25. The molecule has 2 atom stereocenters. The first-order chi connectivity index (χ1) is 15.7. The minimum absolute atomic E-state index is 0.00378. The lowest BCUT2D eigenvalue weighted by Crippen LogP contribution is -2.40. The van der Waals surface area contributed by atoms with Crippen molar-refractivity contribution in [2.24, 2.45) is 11.7 Å². The van der Waals surface area contributed by atoms with Gasteiger partial charge in [0.1, 0.15) is 18.2 Å². The van der Waals surface area contributed by atoms with Gasteiger partial charge in [0.2, 0.25) is 5.88 Å². The quantitative estimate of drug-likeness (QED) is 0.560. The predicted octanol–water partition coefficient (Wildman–Crippen LogP) is 2.85. The van der Waals surface area contributed by atoms with Crippen LogP contribution in [0.15, 0.2) is 24.4 Å². The Labute approximate surface area is 191 Å². The molecule has 1 saturated carbocycles. The molecule has 7 nitrogen and oxygen atoms in total. The largest absolute Gasteiger partial charge is 0.475 e. The molecule has 2 heterocycles. The summed E-state index contributed by atoms with van der Waals surface area (Å²) in [6, 6.07) is 3.15. The molecule has 2 aromatic rings. The van der Waals surface area contributed by atoms with Crippen molar-refractivity contribution >= 4 is 11.6 Å². The normalized spacial score (nSPS) is 21.2. The molecule has 0 unspecified atom stereocenters. The Bertz CT molecular complexity index is 1020. The molecule has 33 heavy (non-hydrogen) atoms. The summed E-state index contributed by atoms with van der Waals surface area (Å²) in [5, 5.41) is 12.3. The molecule has 0 radical (unpaired) electrons. The topological polar surface area (TPSA) is 101 Å². The van der Waals surface area contributed by atoms with Gasteiger partial charge in [-0.3, -0.25) is 4.79 Å². The first-order valence-electron chi connectivity index (χ1n) is 11.3. The summed E-state index contributed by atoms with van der Waals surface area (Å²) in [7, 11) is 0. The van der Waals surface area contributed by atoms with Gasteiger partial charge in [0.05, 0.1) is 23.4 Å². The van der Waals surface area contributed by atoms with E-state index in [0.717, 1.165) is 18.9 Å². The Morgan fingerprint density at radius 3 is 2.64 bits per heavy atom. The van der Waals surface area contributed by atoms with Gasteiger partial charge in [-0.05, 0) is 56.7 Å². The van der Waals surface area contributed by atoms with Crippen LogP contribution >= 0.6 is 0 Å². The van der Waals surface area contributed by atoms with E-state index in [-0.39, 0.29) is 42.2 Å². The molecule has 1 aromatic carbocycles. The van der Waals surface area contributed by atoms with Gasteiger partial charge in [-0.25, -0.2) is 13.8 Å². The predicted molar refractivity (Wildman–Crippen MR) is 121 cm³/mol. The smallest absolute Gasteiger partial charge is 0.255 e. The standard InChI is InChI=1S/C24H30F2N4O3/c1-14(15-3-4-15)29-22(32)19-12-28-23(33-8-7-31)20(16-9-17(25)11-18(26)10-16)21(19)30-6-5-24(2,27)13-30/h9-12,14-15,31H,3-8,13,27H2,1-2H3,(H,29,32)/t14-,24-/m0/s1. The maximum atomic E-state index is 14.2. The van der Waals surface area contributed by atoms with Crippen molar-refractivity contribution in [2.75, 3.05) is 31.2 Å². The van der Waals surface area contributed by atoms with Crippen molar-refractivity contribution in [3.8, 4) is 17.0 Å². The summed E-state index contributed by atoms with van der Waals surface area (Å²) >= 11 is 0. The lowest BCUT2D eigenvalue weighted by Gasteiger charge is -2.28. The fourth-order valence-corrected chi connectivity index (χ4v) is 4.36. The number of hydrogen-bond acceptors (Lipinski definition) is 6. The van der Waals surface area contributed by atoms with Crippen molar-refractivity contribution in [3.63, 3.8) is 0 Å². The number of ether oxygens (including phenoxy) is 1. The van der Waals surface area contributed by atoms with E-state index >= 15 is 0 Å². The van der Waals surface area contributed by atoms with E-state index in [4.69, 9.17) is 10.5 Å². The van der Waals surface area contributed by atoms with E-state index in [1.54, 1.807) is 0 Å². The van der Waals surface area contributed by atoms with Gasteiger partial charge in [-0.15, -0.1) is 0 Å². The first kappa shape index (κ1) is 23.4. The number of rotatable bonds is 8. The minimum atomic E-state index is -0.758. The number of pyridine rings is 1. The van der Waals surface area contributed by atoms with E-state index in [0.29, 0.717) is 36.7 Å². The summed E-state index contributed by atoms with van der Waals surface area (Å²) in [6.45, 7) is 4.57. The van der Waals surface area contributed by atoms with Gasteiger partial charge in [0, 0.05) is 36.9 Å². The molecule has 1 aromatic heterocycles. The average molecular weight is 461 g/mol.